The number of hydrogen-bond acceptors (Lipinski definition) is 3. The quantitative estimate of drug-likeness (QED) is 0.535. The van der Waals surface area contributed by atoms with E-state index < -0.39 is 10.7 Å². The molecule has 0 radical (unpaired) electrons. The summed E-state index contributed by atoms with van der Waals surface area (Å²) in [5.41, 5.74) is 5.28. The first-order valence-electron chi connectivity index (χ1n) is 3.28. The molecule has 0 fully saturated rings. The summed E-state index contributed by atoms with van der Waals surface area (Å²) in [6.45, 7) is 0.0383. The number of benzene rings is 1. The summed E-state index contributed by atoms with van der Waals surface area (Å²) in [7, 11) is 0. The maximum Gasteiger partial charge on any atom is 0.276 e. The van der Waals surface area contributed by atoms with E-state index in [9.17, 15) is 14.5 Å². The number of nitrogens with two attached hydrogens (primary N) is 1. The smallest absolute Gasteiger partial charge is 0.276 e. The minimum atomic E-state index is -0.648. The van der Waals surface area contributed by atoms with E-state index in [0.717, 1.165) is 12.1 Å². The van der Waals surface area contributed by atoms with Crippen molar-refractivity contribution in [2.24, 2.45) is 5.73 Å². The van der Waals surface area contributed by atoms with Gasteiger partial charge in [0.1, 0.15) is 5.82 Å². The van der Waals surface area contributed by atoms with Gasteiger partial charge < -0.3 is 5.73 Å². The lowest BCUT2D eigenvalue weighted by molar-refractivity contribution is -0.385. The molecule has 4 nitrogen and oxygen atoms in total. The number of nitrogens with zero attached hydrogens (tertiary/aromatic N) is 1. The van der Waals surface area contributed by atoms with Crippen LogP contribution in [0.15, 0.2) is 18.2 Å². The Morgan fingerprint density at radius 3 is 2.75 bits per heavy atom. The summed E-state index contributed by atoms with van der Waals surface area (Å²) in [5.74, 6) is -0.626. The summed E-state index contributed by atoms with van der Waals surface area (Å²) in [4.78, 5) is 9.67. The molecule has 1 aromatic rings. The van der Waals surface area contributed by atoms with Crippen molar-refractivity contribution in [3.8, 4) is 0 Å². The molecule has 0 aliphatic heterocycles. The second-order valence-corrected chi connectivity index (χ2v) is 2.23. The van der Waals surface area contributed by atoms with Crippen molar-refractivity contribution in [1.82, 2.24) is 0 Å². The zero-order valence-electron chi connectivity index (χ0n) is 6.16. The van der Waals surface area contributed by atoms with Crippen LogP contribution < -0.4 is 5.73 Å². The topological polar surface area (TPSA) is 69.2 Å². The molecule has 64 valence electrons. The Kier molecular flexibility index (Phi) is 2.35. The van der Waals surface area contributed by atoms with Crippen molar-refractivity contribution in [2.45, 2.75) is 6.54 Å². The molecule has 1 aromatic carbocycles. The van der Waals surface area contributed by atoms with Gasteiger partial charge in [0.05, 0.1) is 11.0 Å². The molecule has 0 aromatic heterocycles. The molecule has 0 aliphatic carbocycles. The van der Waals surface area contributed by atoms with Crippen LogP contribution in [0.5, 0.6) is 0 Å². The predicted molar refractivity (Wildman–Crippen MR) is 40.9 cm³/mol. The van der Waals surface area contributed by atoms with Crippen LogP contribution in [0.25, 0.3) is 0 Å². The zero-order chi connectivity index (χ0) is 9.14. The number of nitro groups is 1. The van der Waals surface area contributed by atoms with Crippen LogP contribution in [0.1, 0.15) is 5.56 Å². The van der Waals surface area contributed by atoms with Crippen molar-refractivity contribution >= 4 is 5.69 Å². The number of nitro benzene ring substituents is 1. The highest BCUT2D eigenvalue weighted by Gasteiger charge is 2.12. The summed E-state index contributed by atoms with van der Waals surface area (Å²) in [5, 5.41) is 10.3. The average Bonchev–Trinajstić information content (AvgIpc) is 2.04. The Labute approximate surface area is 68.0 Å². The van der Waals surface area contributed by atoms with Crippen LogP contribution in [-0.2, 0) is 6.54 Å². The highest BCUT2D eigenvalue weighted by atomic mass is 19.1. The van der Waals surface area contributed by atoms with E-state index in [-0.39, 0.29) is 12.2 Å². The van der Waals surface area contributed by atoms with Crippen molar-refractivity contribution in [3.63, 3.8) is 0 Å². The Balaban J connectivity index is 3.21. The molecule has 0 spiro atoms. The normalized spacial score (nSPS) is 9.83. The first-order chi connectivity index (χ1) is 5.65. The minimum absolute atomic E-state index is 0.0383. The van der Waals surface area contributed by atoms with Crippen LogP contribution in [0.3, 0.4) is 0 Å². The van der Waals surface area contributed by atoms with Gasteiger partial charge in [-0.2, -0.15) is 0 Å². The van der Waals surface area contributed by atoms with Crippen molar-refractivity contribution in [3.05, 3.63) is 39.7 Å². The monoisotopic (exact) mass is 170 g/mol. The lowest BCUT2D eigenvalue weighted by Crippen LogP contribution is -2.01. The maximum atomic E-state index is 12.5. The van der Waals surface area contributed by atoms with Gasteiger partial charge in [-0.25, -0.2) is 4.39 Å². The summed E-state index contributed by atoms with van der Waals surface area (Å²) >= 11 is 0. The number of rotatable bonds is 2. The molecule has 0 bridgehead atoms. The van der Waals surface area contributed by atoms with Crippen molar-refractivity contribution < 1.29 is 9.31 Å². The molecule has 0 saturated carbocycles. The van der Waals surface area contributed by atoms with Crippen molar-refractivity contribution in [1.29, 1.82) is 0 Å². The van der Waals surface area contributed by atoms with Gasteiger partial charge in [-0.3, -0.25) is 10.1 Å². The van der Waals surface area contributed by atoms with E-state index in [2.05, 4.69) is 0 Å². The first kappa shape index (κ1) is 8.61. The fourth-order valence-corrected chi connectivity index (χ4v) is 0.880. The van der Waals surface area contributed by atoms with Crippen LogP contribution in [-0.4, -0.2) is 4.92 Å². The van der Waals surface area contributed by atoms with E-state index in [1.807, 2.05) is 0 Å². The van der Waals surface area contributed by atoms with Crippen LogP contribution >= 0.6 is 0 Å². The van der Waals surface area contributed by atoms with E-state index in [0.29, 0.717) is 5.56 Å². The third-order valence-corrected chi connectivity index (χ3v) is 1.46. The van der Waals surface area contributed by atoms with Crippen LogP contribution in [0.4, 0.5) is 10.1 Å². The standard InChI is InChI=1S/C7H7FN2O2/c8-6-2-1-5(4-9)7(3-6)10(11)12/h1-3H,4,9H2. The van der Waals surface area contributed by atoms with Gasteiger partial charge in [0.2, 0.25) is 0 Å². The third kappa shape index (κ3) is 1.57. The zero-order valence-corrected chi connectivity index (χ0v) is 6.16. The highest BCUT2D eigenvalue weighted by molar-refractivity contribution is 5.40. The van der Waals surface area contributed by atoms with Crippen LogP contribution in [0, 0.1) is 15.9 Å². The summed E-state index contributed by atoms with van der Waals surface area (Å²) in [6.07, 6.45) is 0. The predicted octanol–water partition coefficient (Wildman–Crippen LogP) is 1.19. The molecule has 0 atom stereocenters. The largest absolute Gasteiger partial charge is 0.326 e. The average molecular weight is 170 g/mol. The van der Waals surface area contributed by atoms with E-state index >= 15 is 0 Å². The SMILES string of the molecule is NCc1ccc(F)cc1[N+](=O)[O-]. The number of hydrogen-bond donors (Lipinski definition) is 1. The third-order valence-electron chi connectivity index (χ3n) is 1.46. The van der Waals surface area contributed by atoms with Gasteiger partial charge in [0, 0.05) is 12.1 Å². The van der Waals surface area contributed by atoms with E-state index in [1.165, 1.54) is 6.07 Å². The summed E-state index contributed by atoms with van der Waals surface area (Å²) in [6, 6.07) is 3.32. The molecule has 0 saturated heterocycles. The molecule has 0 unspecified atom stereocenters. The van der Waals surface area contributed by atoms with E-state index in [1.54, 1.807) is 0 Å². The Hall–Kier alpha value is -1.49. The lowest BCUT2D eigenvalue weighted by Gasteiger charge is -1.98. The second kappa shape index (κ2) is 3.27. The maximum absolute atomic E-state index is 12.5. The lowest BCUT2D eigenvalue weighted by atomic mass is 10.2. The van der Waals surface area contributed by atoms with Gasteiger partial charge in [0.25, 0.3) is 5.69 Å². The Bertz CT molecular complexity index is 314. The van der Waals surface area contributed by atoms with Gasteiger partial charge in [0.15, 0.2) is 0 Å². The Morgan fingerprint density at radius 1 is 1.58 bits per heavy atom. The van der Waals surface area contributed by atoms with Crippen molar-refractivity contribution in [2.75, 3.05) is 0 Å². The summed E-state index contributed by atoms with van der Waals surface area (Å²) < 4.78 is 12.5. The second-order valence-electron chi connectivity index (χ2n) is 2.23. The minimum Gasteiger partial charge on any atom is -0.326 e. The molecule has 2 N–H and O–H groups in total. The Morgan fingerprint density at radius 2 is 2.25 bits per heavy atom. The van der Waals surface area contributed by atoms with Gasteiger partial charge in [-0.05, 0) is 12.1 Å². The fourth-order valence-electron chi connectivity index (χ4n) is 0.880. The molecule has 0 amide bonds. The molecule has 0 aliphatic rings. The molecule has 12 heavy (non-hydrogen) atoms. The van der Waals surface area contributed by atoms with Crippen LogP contribution in [0.2, 0.25) is 0 Å². The molecule has 5 heteroatoms. The van der Waals surface area contributed by atoms with Gasteiger partial charge in [-0.15, -0.1) is 0 Å². The highest BCUT2D eigenvalue weighted by Crippen LogP contribution is 2.18. The first-order valence-corrected chi connectivity index (χ1v) is 3.28. The fraction of sp³-hybridized carbons (Fsp3) is 0.143. The molecule has 0 heterocycles. The molecular weight excluding hydrogens is 163 g/mol. The molecular formula is C7H7FN2O2. The van der Waals surface area contributed by atoms with Gasteiger partial charge >= 0.3 is 0 Å². The van der Waals surface area contributed by atoms with E-state index in [4.69, 9.17) is 5.73 Å². The molecule has 1 rings (SSSR count). The van der Waals surface area contributed by atoms with Gasteiger partial charge in [-0.1, -0.05) is 0 Å². The number of halogens is 1.